The summed E-state index contributed by atoms with van der Waals surface area (Å²) < 4.78 is 44.7. The van der Waals surface area contributed by atoms with Crippen molar-refractivity contribution >= 4 is 29.4 Å². The van der Waals surface area contributed by atoms with E-state index in [1.54, 1.807) is 6.20 Å². The van der Waals surface area contributed by atoms with Crippen LogP contribution >= 0.6 is 0 Å². The number of hydrogen-bond donors (Lipinski definition) is 1. The minimum absolute atomic E-state index is 0.00484. The Labute approximate surface area is 212 Å². The molecule has 2 amide bonds. The zero-order valence-electron chi connectivity index (χ0n) is 21.0. The van der Waals surface area contributed by atoms with Crippen LogP contribution in [0.4, 0.5) is 18.9 Å². The Balaban J connectivity index is 1.35. The number of amides is 2. The molecule has 0 radical (unpaired) electrons. The number of fused-ring (bicyclic) bond motifs is 1. The highest BCUT2D eigenvalue weighted by Crippen LogP contribution is 2.44. The fourth-order valence-corrected chi connectivity index (χ4v) is 5.90. The van der Waals surface area contributed by atoms with Crippen LogP contribution in [-0.2, 0) is 20.9 Å². The van der Waals surface area contributed by atoms with E-state index in [0.29, 0.717) is 43.0 Å². The number of carbonyl (C=O) groups excluding carboxylic acids is 2. The van der Waals surface area contributed by atoms with Crippen LogP contribution in [0.5, 0.6) is 0 Å². The Morgan fingerprint density at radius 1 is 1.32 bits per heavy atom. The van der Waals surface area contributed by atoms with Gasteiger partial charge in [-0.05, 0) is 39.0 Å². The van der Waals surface area contributed by atoms with E-state index in [9.17, 15) is 22.8 Å². The number of halogens is 3. The first kappa shape index (κ1) is 25.6. The highest BCUT2D eigenvalue weighted by Gasteiger charge is 2.55. The van der Waals surface area contributed by atoms with Crippen LogP contribution in [0.1, 0.15) is 40.0 Å². The first-order valence-corrected chi connectivity index (χ1v) is 12.6. The minimum atomic E-state index is -4.41. The molecule has 200 valence electrons. The first-order valence-electron chi connectivity index (χ1n) is 12.6. The molecule has 2 saturated heterocycles. The zero-order chi connectivity index (χ0) is 26.5. The van der Waals surface area contributed by atoms with Gasteiger partial charge in [0, 0.05) is 36.7 Å². The van der Waals surface area contributed by atoms with E-state index in [0.717, 1.165) is 11.1 Å². The number of aromatic nitrogens is 2. The molecule has 0 spiro atoms. The molecular weight excluding hydrogens is 489 g/mol. The van der Waals surface area contributed by atoms with E-state index >= 15 is 0 Å². The van der Waals surface area contributed by atoms with Crippen LogP contribution < -0.4 is 10.2 Å². The Morgan fingerprint density at radius 3 is 2.81 bits per heavy atom. The number of nitrogens with one attached hydrogen (secondary N) is 1. The molecule has 4 aliphatic rings. The standard InChI is InChI=1S/C25H31F3N6O3/c1-14-6-19(15-7-16(9-29-8-15)22(35)31-17-4-5-37-12-17)32-21-20(14)23(36)34(24(21,2)3)18-10-30-33(11-18)13-25(26,27)28/h8-11,14-15,17,19-20H,4-7,12-13H2,1-3H3,(H,31,35). The second-order valence-electron chi connectivity index (χ2n) is 10.9. The lowest BCUT2D eigenvalue weighted by Gasteiger charge is -2.35. The number of aliphatic imine (C=N–C) groups is 2. The summed E-state index contributed by atoms with van der Waals surface area (Å²) in [5.74, 6) is -0.927. The molecule has 1 N–H and O–H groups in total. The smallest absolute Gasteiger partial charge is 0.379 e. The number of anilines is 1. The van der Waals surface area contributed by atoms with Crippen molar-refractivity contribution in [1.29, 1.82) is 0 Å². The Hall–Kier alpha value is -3.02. The van der Waals surface area contributed by atoms with E-state index in [1.807, 2.05) is 27.0 Å². The van der Waals surface area contributed by atoms with Gasteiger partial charge in [-0.1, -0.05) is 6.92 Å². The number of ether oxygens (including phenoxy) is 1. The highest BCUT2D eigenvalue weighted by atomic mass is 19.4. The molecule has 0 saturated carbocycles. The normalized spacial score (nSPS) is 31.2. The van der Waals surface area contributed by atoms with Crippen molar-refractivity contribution in [3.05, 3.63) is 24.2 Å². The lowest BCUT2D eigenvalue weighted by Crippen LogP contribution is -2.46. The largest absolute Gasteiger partial charge is 0.408 e. The summed E-state index contributed by atoms with van der Waals surface area (Å²) in [6.07, 6.45) is 3.46. The highest BCUT2D eigenvalue weighted by molar-refractivity contribution is 6.23. The van der Waals surface area contributed by atoms with Crippen LogP contribution in [0.25, 0.3) is 0 Å². The van der Waals surface area contributed by atoms with Crippen LogP contribution in [-0.4, -0.2) is 70.5 Å². The van der Waals surface area contributed by atoms with E-state index in [-0.39, 0.29) is 35.7 Å². The van der Waals surface area contributed by atoms with Gasteiger partial charge in [0.05, 0.1) is 47.7 Å². The Morgan fingerprint density at radius 2 is 2.11 bits per heavy atom. The van der Waals surface area contributed by atoms with Crippen molar-refractivity contribution in [2.24, 2.45) is 27.7 Å². The van der Waals surface area contributed by atoms with Crippen molar-refractivity contribution in [1.82, 2.24) is 15.1 Å². The predicted molar refractivity (Wildman–Crippen MR) is 130 cm³/mol. The first-order chi connectivity index (χ1) is 17.4. The van der Waals surface area contributed by atoms with Crippen LogP contribution in [0, 0.1) is 17.8 Å². The van der Waals surface area contributed by atoms with Crippen LogP contribution in [0.15, 0.2) is 34.2 Å². The molecule has 5 unspecified atom stereocenters. The summed E-state index contributed by atoms with van der Waals surface area (Å²) in [6.45, 7) is 5.64. The lowest BCUT2D eigenvalue weighted by molar-refractivity contribution is -0.142. The third kappa shape index (κ3) is 4.95. The molecule has 1 aromatic heterocycles. The molecule has 2 fully saturated rings. The fourth-order valence-electron chi connectivity index (χ4n) is 5.90. The van der Waals surface area contributed by atoms with Gasteiger partial charge in [-0.2, -0.15) is 18.3 Å². The summed E-state index contributed by atoms with van der Waals surface area (Å²) >= 11 is 0. The van der Waals surface area contributed by atoms with Crippen molar-refractivity contribution in [3.8, 4) is 0 Å². The van der Waals surface area contributed by atoms with Gasteiger partial charge in [0.15, 0.2) is 0 Å². The molecular formula is C25H31F3N6O3. The summed E-state index contributed by atoms with van der Waals surface area (Å²) in [5.41, 5.74) is 0.777. The second-order valence-corrected chi connectivity index (χ2v) is 10.9. The maximum Gasteiger partial charge on any atom is 0.408 e. The summed E-state index contributed by atoms with van der Waals surface area (Å²) in [6, 6.07) is -0.165. The van der Waals surface area contributed by atoms with Crippen molar-refractivity contribution in [2.45, 2.75) is 70.4 Å². The number of nitrogens with zero attached hydrogens (tertiary/aromatic N) is 5. The van der Waals surface area contributed by atoms with Gasteiger partial charge in [-0.3, -0.25) is 29.2 Å². The zero-order valence-corrected chi connectivity index (χ0v) is 21.0. The third-order valence-corrected chi connectivity index (χ3v) is 7.69. The molecule has 12 heteroatoms. The van der Waals surface area contributed by atoms with E-state index in [1.165, 1.54) is 17.3 Å². The molecule has 5 atom stereocenters. The quantitative estimate of drug-likeness (QED) is 0.645. The van der Waals surface area contributed by atoms with Gasteiger partial charge < -0.3 is 10.1 Å². The van der Waals surface area contributed by atoms with Crippen LogP contribution in [0.3, 0.4) is 0 Å². The lowest BCUT2D eigenvalue weighted by atomic mass is 9.75. The SMILES string of the molecule is CC1CC(C2C=NC=C(C(=O)NC3CCOC3)C2)N=C2C1C(=O)N(c1cnn(CC(F)(F)F)c1)C2(C)C. The molecule has 4 aliphatic heterocycles. The van der Waals surface area contributed by atoms with E-state index in [4.69, 9.17) is 9.73 Å². The maximum atomic E-state index is 13.5. The molecule has 5 heterocycles. The van der Waals surface area contributed by atoms with E-state index in [2.05, 4.69) is 15.4 Å². The topological polar surface area (TPSA) is 101 Å². The molecule has 0 aliphatic carbocycles. The number of hydrogen-bond acceptors (Lipinski definition) is 6. The molecule has 9 nitrogen and oxygen atoms in total. The predicted octanol–water partition coefficient (Wildman–Crippen LogP) is 2.92. The average molecular weight is 521 g/mol. The van der Waals surface area contributed by atoms with E-state index < -0.39 is 24.2 Å². The molecule has 0 aromatic carbocycles. The van der Waals surface area contributed by atoms with Gasteiger partial charge in [0.2, 0.25) is 11.8 Å². The summed E-state index contributed by atoms with van der Waals surface area (Å²) in [5, 5.41) is 6.83. The number of alkyl halides is 3. The average Bonchev–Trinajstić information content (AvgIpc) is 3.53. The van der Waals surface area contributed by atoms with Gasteiger partial charge in [0.1, 0.15) is 6.54 Å². The van der Waals surface area contributed by atoms with Crippen molar-refractivity contribution < 1.29 is 27.5 Å². The van der Waals surface area contributed by atoms with Gasteiger partial charge in [-0.25, -0.2) is 0 Å². The van der Waals surface area contributed by atoms with Gasteiger partial charge in [-0.15, -0.1) is 0 Å². The third-order valence-electron chi connectivity index (χ3n) is 7.69. The van der Waals surface area contributed by atoms with Gasteiger partial charge >= 0.3 is 6.18 Å². The van der Waals surface area contributed by atoms with Crippen LogP contribution in [0.2, 0.25) is 0 Å². The summed E-state index contributed by atoms with van der Waals surface area (Å²) in [7, 11) is 0. The van der Waals surface area contributed by atoms with Crippen molar-refractivity contribution in [3.63, 3.8) is 0 Å². The number of carbonyl (C=O) groups is 2. The monoisotopic (exact) mass is 520 g/mol. The Kier molecular flexibility index (Phi) is 6.49. The maximum absolute atomic E-state index is 13.5. The Bertz CT molecular complexity index is 1160. The molecule has 5 rings (SSSR count). The second kappa shape index (κ2) is 9.38. The fraction of sp³-hybridized carbons (Fsp3) is 0.640. The van der Waals surface area contributed by atoms with Crippen molar-refractivity contribution in [2.75, 3.05) is 18.1 Å². The number of rotatable bonds is 5. The molecule has 0 bridgehead atoms. The molecule has 37 heavy (non-hydrogen) atoms. The summed E-state index contributed by atoms with van der Waals surface area (Å²) in [4.78, 5) is 37.2. The van der Waals surface area contributed by atoms with Gasteiger partial charge in [0.25, 0.3) is 0 Å². The molecule has 1 aromatic rings. The minimum Gasteiger partial charge on any atom is -0.379 e.